The maximum atomic E-state index is 11.2. The Hall–Kier alpha value is -6.75. The first kappa shape index (κ1) is 27.8. The van der Waals surface area contributed by atoms with E-state index in [1.165, 1.54) is 0 Å². The number of benzene rings is 6. The maximum absolute atomic E-state index is 11.2. The van der Waals surface area contributed by atoms with Gasteiger partial charge in [0.15, 0.2) is 0 Å². The normalized spacial score (nSPS) is 10.9. The number of hydrogen-bond acceptors (Lipinski definition) is 3. The summed E-state index contributed by atoms with van der Waals surface area (Å²) < 4.78 is 2.09. The summed E-state index contributed by atoms with van der Waals surface area (Å²) in [5, 5.41) is 24.3. The van der Waals surface area contributed by atoms with Crippen LogP contribution in [0, 0.1) is 22.7 Å². The van der Waals surface area contributed by atoms with Crippen molar-refractivity contribution in [1.82, 2.24) is 9.55 Å². The molecule has 4 nitrogen and oxygen atoms in total. The highest BCUT2D eigenvalue weighted by Crippen LogP contribution is 2.48. The van der Waals surface area contributed by atoms with Crippen LogP contribution in [0.3, 0.4) is 0 Å². The summed E-state index contributed by atoms with van der Waals surface area (Å²) in [5.74, 6) is 0. The lowest BCUT2D eigenvalue weighted by Gasteiger charge is -2.24. The van der Waals surface area contributed by atoms with Crippen molar-refractivity contribution < 1.29 is 0 Å². The molecule has 0 bridgehead atoms. The lowest BCUT2D eigenvalue weighted by Crippen LogP contribution is -2.07. The van der Waals surface area contributed by atoms with Gasteiger partial charge in [0.05, 0.1) is 27.8 Å². The molecule has 218 valence electrons. The second-order valence-electron chi connectivity index (χ2n) is 11.4. The molecule has 0 unspecified atom stereocenters. The fourth-order valence-corrected chi connectivity index (χ4v) is 6.78. The second-order valence-corrected chi connectivity index (χ2v) is 11.4. The summed E-state index contributed by atoms with van der Waals surface area (Å²) in [5.41, 5.74) is 10.6. The van der Waals surface area contributed by atoms with Crippen LogP contribution in [0.15, 0.2) is 158 Å². The van der Waals surface area contributed by atoms with Gasteiger partial charge in [-0.2, -0.15) is 10.5 Å². The molecule has 47 heavy (non-hydrogen) atoms. The van der Waals surface area contributed by atoms with Crippen molar-refractivity contribution >= 4 is 21.8 Å². The van der Waals surface area contributed by atoms with E-state index in [1.54, 1.807) is 6.20 Å². The smallest absolute Gasteiger partial charge is 0.102 e. The second kappa shape index (κ2) is 11.6. The lowest BCUT2D eigenvalue weighted by molar-refractivity contribution is 1.15. The molecule has 0 radical (unpaired) electrons. The monoisotopic (exact) mass is 598 g/mol. The average molecular weight is 599 g/mol. The van der Waals surface area contributed by atoms with Crippen LogP contribution in [0.5, 0.6) is 0 Å². The van der Waals surface area contributed by atoms with Gasteiger partial charge in [-0.05, 0) is 46.0 Å². The Morgan fingerprint density at radius 1 is 0.447 bits per heavy atom. The number of nitrogens with zero attached hydrogens (tertiary/aromatic N) is 4. The molecular weight excluding hydrogens is 573 g/mol. The van der Waals surface area contributed by atoms with E-state index >= 15 is 0 Å². The largest absolute Gasteiger partial charge is 0.306 e. The summed E-state index contributed by atoms with van der Waals surface area (Å²) in [4.78, 5) is 4.50. The van der Waals surface area contributed by atoms with Gasteiger partial charge in [0, 0.05) is 39.9 Å². The topological polar surface area (TPSA) is 65.4 Å². The first-order valence-electron chi connectivity index (χ1n) is 15.4. The third-order valence-electron chi connectivity index (χ3n) is 8.78. The van der Waals surface area contributed by atoms with Crippen molar-refractivity contribution in [3.05, 3.63) is 169 Å². The molecule has 8 rings (SSSR count). The fourth-order valence-electron chi connectivity index (χ4n) is 6.78. The van der Waals surface area contributed by atoms with Gasteiger partial charge < -0.3 is 4.57 Å². The molecule has 0 saturated heterocycles. The van der Waals surface area contributed by atoms with Gasteiger partial charge in [-0.3, -0.25) is 4.98 Å². The minimum atomic E-state index is 0.439. The number of rotatable bonds is 5. The highest BCUT2D eigenvalue weighted by atomic mass is 15.0. The molecule has 0 saturated carbocycles. The number of hydrogen-bond donors (Lipinski definition) is 0. The lowest BCUT2D eigenvalue weighted by atomic mass is 9.81. The van der Waals surface area contributed by atoms with Crippen molar-refractivity contribution in [2.45, 2.75) is 0 Å². The highest BCUT2D eigenvalue weighted by molar-refractivity contribution is 6.12. The maximum Gasteiger partial charge on any atom is 0.102 e. The van der Waals surface area contributed by atoms with Gasteiger partial charge in [-0.1, -0.05) is 127 Å². The molecular formula is C43H26N4. The molecule has 6 aromatic carbocycles. The number of aromatic nitrogens is 2. The Morgan fingerprint density at radius 3 is 1.43 bits per heavy atom. The molecule has 0 spiro atoms. The fraction of sp³-hybridized carbons (Fsp3) is 0. The van der Waals surface area contributed by atoms with Crippen molar-refractivity contribution in [3.8, 4) is 62.3 Å². The van der Waals surface area contributed by atoms with Crippen LogP contribution in [0.25, 0.3) is 72.0 Å². The van der Waals surface area contributed by atoms with E-state index in [0.29, 0.717) is 16.8 Å². The van der Waals surface area contributed by atoms with Crippen LogP contribution < -0.4 is 0 Å². The Morgan fingerprint density at radius 2 is 0.915 bits per heavy atom. The number of fused-ring (bicyclic) bond motifs is 3. The summed E-state index contributed by atoms with van der Waals surface area (Å²) in [6.45, 7) is 0. The molecule has 0 amide bonds. The minimum absolute atomic E-state index is 0.439. The first-order chi connectivity index (χ1) is 23.3. The van der Waals surface area contributed by atoms with E-state index in [1.807, 2.05) is 121 Å². The summed E-state index contributed by atoms with van der Waals surface area (Å²) in [6.07, 6.45) is 3.64. The van der Waals surface area contributed by atoms with Crippen LogP contribution in [-0.4, -0.2) is 9.55 Å². The Kier molecular flexibility index (Phi) is 6.88. The quantitative estimate of drug-likeness (QED) is 0.198. The Balaban J connectivity index is 1.59. The zero-order valence-corrected chi connectivity index (χ0v) is 25.3. The Labute approximate surface area is 272 Å². The van der Waals surface area contributed by atoms with Crippen LogP contribution in [0.4, 0.5) is 0 Å². The van der Waals surface area contributed by atoms with Gasteiger partial charge in [-0.15, -0.1) is 0 Å². The summed E-state index contributed by atoms with van der Waals surface area (Å²) >= 11 is 0. The van der Waals surface area contributed by atoms with E-state index in [-0.39, 0.29) is 0 Å². The van der Waals surface area contributed by atoms with Crippen molar-refractivity contribution in [3.63, 3.8) is 0 Å². The number of pyridine rings is 1. The molecule has 2 aromatic heterocycles. The van der Waals surface area contributed by atoms with Crippen molar-refractivity contribution in [2.75, 3.05) is 0 Å². The van der Waals surface area contributed by atoms with Gasteiger partial charge in [0.2, 0.25) is 0 Å². The van der Waals surface area contributed by atoms with E-state index in [9.17, 15) is 10.5 Å². The molecule has 2 heterocycles. The molecule has 0 atom stereocenters. The zero-order chi connectivity index (χ0) is 31.7. The first-order valence-corrected chi connectivity index (χ1v) is 15.4. The molecule has 0 fully saturated rings. The minimum Gasteiger partial charge on any atom is -0.306 e. The van der Waals surface area contributed by atoms with E-state index in [0.717, 1.165) is 66.3 Å². The Bertz CT molecular complexity index is 2420. The van der Waals surface area contributed by atoms with Gasteiger partial charge in [0.1, 0.15) is 12.1 Å². The SMILES string of the molecule is N#Cc1c(-c2ccccc2)c(-c2ccccc2)c(-c2ccccc2)c(C#N)c1-n1c2ccncc2c2cc(-c3ccccc3)ccc21. The van der Waals surface area contributed by atoms with Crippen molar-refractivity contribution in [2.24, 2.45) is 0 Å². The molecule has 0 aliphatic rings. The van der Waals surface area contributed by atoms with E-state index in [2.05, 4.69) is 52.0 Å². The summed E-state index contributed by atoms with van der Waals surface area (Å²) in [7, 11) is 0. The van der Waals surface area contributed by atoms with Crippen LogP contribution in [0.1, 0.15) is 11.1 Å². The van der Waals surface area contributed by atoms with Gasteiger partial charge in [-0.25, -0.2) is 0 Å². The van der Waals surface area contributed by atoms with Gasteiger partial charge in [0.25, 0.3) is 0 Å². The molecule has 0 aliphatic heterocycles. The van der Waals surface area contributed by atoms with Crippen LogP contribution >= 0.6 is 0 Å². The highest BCUT2D eigenvalue weighted by Gasteiger charge is 2.29. The van der Waals surface area contributed by atoms with E-state index in [4.69, 9.17) is 0 Å². The molecule has 0 N–H and O–H groups in total. The van der Waals surface area contributed by atoms with Crippen LogP contribution in [-0.2, 0) is 0 Å². The predicted molar refractivity (Wildman–Crippen MR) is 190 cm³/mol. The zero-order valence-electron chi connectivity index (χ0n) is 25.3. The third-order valence-corrected chi connectivity index (χ3v) is 8.78. The number of nitriles is 2. The molecule has 8 aromatic rings. The molecule has 0 aliphatic carbocycles. The van der Waals surface area contributed by atoms with Gasteiger partial charge >= 0.3 is 0 Å². The van der Waals surface area contributed by atoms with Crippen molar-refractivity contribution in [1.29, 1.82) is 10.5 Å². The predicted octanol–water partition coefficient (Wildman–Crippen LogP) is 10.6. The summed E-state index contributed by atoms with van der Waals surface area (Å²) in [6, 6.07) is 53.9. The average Bonchev–Trinajstić information content (AvgIpc) is 3.48. The van der Waals surface area contributed by atoms with Crippen LogP contribution in [0.2, 0.25) is 0 Å². The van der Waals surface area contributed by atoms with E-state index < -0.39 is 0 Å². The molecule has 4 heteroatoms. The standard InChI is InChI=1S/C43H26N4/c44-26-35-40(30-15-7-2-8-16-30)42(32-19-11-4-12-20-32)41(31-17-9-3-10-18-31)36(27-45)43(35)47-38-22-21-33(29-13-5-1-6-14-29)25-34(38)37-28-46-24-23-39(37)47/h1-25,28H. The third kappa shape index (κ3) is 4.56.